The van der Waals surface area contributed by atoms with E-state index >= 15 is 0 Å². The Kier molecular flexibility index (Phi) is 8.74. The Balaban J connectivity index is 2.68. The van der Waals surface area contributed by atoms with Crippen molar-refractivity contribution in [2.45, 2.75) is 77.4 Å². The van der Waals surface area contributed by atoms with Gasteiger partial charge in [0.2, 0.25) is 0 Å². The maximum Gasteiger partial charge on any atom is 0.0878 e. The molecule has 0 aromatic rings. The highest BCUT2D eigenvalue weighted by Gasteiger charge is 2.41. The molecule has 0 saturated carbocycles. The van der Waals surface area contributed by atoms with Crippen LogP contribution in [0.5, 0.6) is 0 Å². The van der Waals surface area contributed by atoms with Crippen LogP contribution in [0, 0.1) is 5.92 Å². The van der Waals surface area contributed by atoms with Gasteiger partial charge >= 0.3 is 0 Å². The molecule has 0 aromatic carbocycles. The predicted octanol–water partition coefficient (Wildman–Crippen LogP) is 3.77. The van der Waals surface area contributed by atoms with Crippen LogP contribution >= 0.6 is 0 Å². The smallest absolute Gasteiger partial charge is 0.0878 e. The van der Waals surface area contributed by atoms with E-state index in [0.717, 1.165) is 38.6 Å². The first-order valence-electron chi connectivity index (χ1n) is 8.61. The minimum atomic E-state index is -0.0125. The summed E-state index contributed by atoms with van der Waals surface area (Å²) in [7, 11) is 2.09. The van der Waals surface area contributed by atoms with Gasteiger partial charge in [0, 0.05) is 38.7 Å². The van der Waals surface area contributed by atoms with Gasteiger partial charge in [-0.1, -0.05) is 39.5 Å². The Bertz CT molecular complexity index is 234. The molecule has 1 heterocycles. The Labute approximate surface area is 125 Å². The topological polar surface area (TPSA) is 30.5 Å². The van der Waals surface area contributed by atoms with Crippen LogP contribution in [0.1, 0.15) is 65.7 Å². The summed E-state index contributed by atoms with van der Waals surface area (Å²) in [6.45, 7) is 9.18. The van der Waals surface area contributed by atoms with Gasteiger partial charge in [-0.3, -0.25) is 0 Å². The lowest BCUT2D eigenvalue weighted by atomic mass is 9.79. The van der Waals surface area contributed by atoms with Gasteiger partial charge in [0.15, 0.2) is 0 Å². The van der Waals surface area contributed by atoms with E-state index in [9.17, 15) is 0 Å². The molecule has 120 valence electrons. The average Bonchev–Trinajstić information content (AvgIpc) is 2.49. The van der Waals surface area contributed by atoms with Crippen molar-refractivity contribution in [3.05, 3.63) is 0 Å². The van der Waals surface area contributed by atoms with E-state index in [1.54, 1.807) is 0 Å². The highest BCUT2D eigenvalue weighted by Crippen LogP contribution is 2.33. The van der Waals surface area contributed by atoms with Crippen molar-refractivity contribution in [2.75, 3.05) is 26.9 Å². The first-order valence-corrected chi connectivity index (χ1v) is 8.61. The molecule has 20 heavy (non-hydrogen) atoms. The molecule has 2 unspecified atom stereocenters. The van der Waals surface area contributed by atoms with Crippen molar-refractivity contribution in [2.24, 2.45) is 5.92 Å². The van der Waals surface area contributed by atoms with Gasteiger partial charge in [-0.25, -0.2) is 0 Å². The van der Waals surface area contributed by atoms with Crippen molar-refractivity contribution >= 4 is 0 Å². The summed E-state index contributed by atoms with van der Waals surface area (Å²) < 4.78 is 11.8. The van der Waals surface area contributed by atoms with Crippen LogP contribution in [-0.4, -0.2) is 38.5 Å². The highest BCUT2D eigenvalue weighted by molar-refractivity contribution is 4.95. The summed E-state index contributed by atoms with van der Waals surface area (Å²) in [5.41, 5.74) is -0.0125. The van der Waals surface area contributed by atoms with Crippen LogP contribution in [0.3, 0.4) is 0 Å². The van der Waals surface area contributed by atoms with E-state index in [4.69, 9.17) is 9.47 Å². The van der Waals surface area contributed by atoms with Gasteiger partial charge in [-0.15, -0.1) is 0 Å². The molecule has 0 amide bonds. The van der Waals surface area contributed by atoms with Gasteiger partial charge in [-0.2, -0.15) is 0 Å². The molecule has 1 fully saturated rings. The van der Waals surface area contributed by atoms with E-state index in [0.29, 0.717) is 6.04 Å². The van der Waals surface area contributed by atoms with Gasteiger partial charge in [0.1, 0.15) is 0 Å². The molecule has 3 nitrogen and oxygen atoms in total. The zero-order valence-corrected chi connectivity index (χ0v) is 14.0. The zero-order chi connectivity index (χ0) is 14.8. The van der Waals surface area contributed by atoms with E-state index in [2.05, 4.69) is 33.1 Å². The van der Waals surface area contributed by atoms with Gasteiger partial charge in [0.05, 0.1) is 5.60 Å². The minimum Gasteiger partial charge on any atom is -0.381 e. The lowest BCUT2D eigenvalue weighted by molar-refractivity contribution is -0.129. The van der Waals surface area contributed by atoms with Crippen molar-refractivity contribution in [3.8, 4) is 0 Å². The standard InChI is InChI=1S/C17H35NO2/c1-5-8-9-15(6-2)14-16(18-4)17(20-7-3)10-12-19-13-11-17/h15-16,18H,5-14H2,1-4H3. The number of likely N-dealkylation sites (N-methyl/N-ethyl adjacent to an activating group) is 1. The van der Waals surface area contributed by atoms with Crippen LogP contribution in [0.25, 0.3) is 0 Å². The SMILES string of the molecule is CCCCC(CC)CC(NC)C1(OCC)CCOCC1. The summed E-state index contributed by atoms with van der Waals surface area (Å²) in [5, 5.41) is 3.56. The van der Waals surface area contributed by atoms with Crippen LogP contribution < -0.4 is 5.32 Å². The molecule has 1 N–H and O–H groups in total. The summed E-state index contributed by atoms with van der Waals surface area (Å²) >= 11 is 0. The second kappa shape index (κ2) is 9.75. The molecule has 0 spiro atoms. The second-order valence-corrected chi connectivity index (χ2v) is 6.10. The van der Waals surface area contributed by atoms with E-state index in [-0.39, 0.29) is 5.60 Å². The van der Waals surface area contributed by atoms with Crippen molar-refractivity contribution in [1.82, 2.24) is 5.32 Å². The maximum absolute atomic E-state index is 6.23. The van der Waals surface area contributed by atoms with E-state index in [1.807, 2.05) is 0 Å². The van der Waals surface area contributed by atoms with Crippen LogP contribution in [0.15, 0.2) is 0 Å². The molecular formula is C17H35NO2. The largest absolute Gasteiger partial charge is 0.381 e. The monoisotopic (exact) mass is 285 g/mol. The summed E-state index contributed by atoms with van der Waals surface area (Å²) in [4.78, 5) is 0. The highest BCUT2D eigenvalue weighted by atomic mass is 16.5. The third kappa shape index (κ3) is 5.01. The molecule has 3 heteroatoms. The van der Waals surface area contributed by atoms with Gasteiger partial charge in [-0.05, 0) is 26.3 Å². The zero-order valence-electron chi connectivity index (χ0n) is 14.0. The van der Waals surface area contributed by atoms with Crippen LogP contribution in [0.4, 0.5) is 0 Å². The van der Waals surface area contributed by atoms with E-state index < -0.39 is 0 Å². The number of nitrogens with one attached hydrogen (secondary N) is 1. The van der Waals surface area contributed by atoms with Gasteiger partial charge in [0.25, 0.3) is 0 Å². The quantitative estimate of drug-likeness (QED) is 0.663. The Morgan fingerprint density at radius 3 is 2.40 bits per heavy atom. The van der Waals surface area contributed by atoms with Crippen LogP contribution in [-0.2, 0) is 9.47 Å². The number of hydrogen-bond donors (Lipinski definition) is 1. The molecule has 1 aliphatic heterocycles. The molecule has 1 aliphatic rings. The predicted molar refractivity (Wildman–Crippen MR) is 85.2 cm³/mol. The fraction of sp³-hybridized carbons (Fsp3) is 1.00. The number of hydrogen-bond acceptors (Lipinski definition) is 3. The Hall–Kier alpha value is -0.120. The molecule has 1 saturated heterocycles. The summed E-state index contributed by atoms with van der Waals surface area (Å²) in [6.07, 6.45) is 8.55. The second-order valence-electron chi connectivity index (χ2n) is 6.10. The fourth-order valence-electron chi connectivity index (χ4n) is 3.51. The summed E-state index contributed by atoms with van der Waals surface area (Å²) in [6, 6.07) is 0.452. The lowest BCUT2D eigenvalue weighted by Gasteiger charge is -2.44. The molecule has 0 bridgehead atoms. The molecule has 1 rings (SSSR count). The molecule has 0 aliphatic carbocycles. The van der Waals surface area contributed by atoms with E-state index in [1.165, 1.54) is 32.1 Å². The molecule has 2 atom stereocenters. The number of ether oxygens (including phenoxy) is 2. The fourth-order valence-corrected chi connectivity index (χ4v) is 3.51. The molecule has 0 radical (unpaired) electrons. The molecule has 0 aromatic heterocycles. The lowest BCUT2D eigenvalue weighted by Crippen LogP contribution is -2.55. The third-order valence-corrected chi connectivity index (χ3v) is 4.87. The third-order valence-electron chi connectivity index (χ3n) is 4.87. The minimum absolute atomic E-state index is 0.0125. The number of rotatable bonds is 10. The number of unbranched alkanes of at least 4 members (excludes halogenated alkanes) is 1. The van der Waals surface area contributed by atoms with Crippen LogP contribution in [0.2, 0.25) is 0 Å². The van der Waals surface area contributed by atoms with Crippen molar-refractivity contribution in [3.63, 3.8) is 0 Å². The maximum atomic E-state index is 6.23. The Morgan fingerprint density at radius 1 is 1.20 bits per heavy atom. The normalized spacial score (nSPS) is 21.6. The first kappa shape index (κ1) is 17.9. The molecular weight excluding hydrogens is 250 g/mol. The van der Waals surface area contributed by atoms with Crippen molar-refractivity contribution in [1.29, 1.82) is 0 Å². The Morgan fingerprint density at radius 2 is 1.90 bits per heavy atom. The average molecular weight is 285 g/mol. The van der Waals surface area contributed by atoms with Gasteiger partial charge < -0.3 is 14.8 Å². The van der Waals surface area contributed by atoms with Crippen molar-refractivity contribution < 1.29 is 9.47 Å². The first-order chi connectivity index (χ1) is 9.72. The summed E-state index contributed by atoms with van der Waals surface area (Å²) in [5.74, 6) is 0.813.